The molecule has 2 N–H and O–H groups in total. The summed E-state index contributed by atoms with van der Waals surface area (Å²) in [5.41, 5.74) is 0. The molecule has 1 unspecified atom stereocenters. The van der Waals surface area contributed by atoms with Crippen molar-refractivity contribution in [2.75, 3.05) is 20.2 Å². The maximum atomic E-state index is 5.97. The zero-order chi connectivity index (χ0) is 18.5. The van der Waals surface area contributed by atoms with Crippen LogP contribution >= 0.6 is 0 Å². The second-order valence-corrected chi connectivity index (χ2v) is 6.80. The van der Waals surface area contributed by atoms with Crippen LogP contribution in [0.1, 0.15) is 30.9 Å². The van der Waals surface area contributed by atoms with Gasteiger partial charge in [0.2, 0.25) is 0 Å². The van der Waals surface area contributed by atoms with Gasteiger partial charge in [0.25, 0.3) is 0 Å². The summed E-state index contributed by atoms with van der Waals surface area (Å²) >= 11 is 0. The average molecular weight is 370 g/mol. The highest BCUT2D eigenvalue weighted by atomic mass is 16.6. The van der Waals surface area contributed by atoms with Crippen LogP contribution < -0.4 is 20.1 Å². The molecule has 1 aromatic carbocycles. The summed E-state index contributed by atoms with van der Waals surface area (Å²) in [6.07, 6.45) is 4.59. The lowest BCUT2D eigenvalue weighted by atomic mass is 10.2. The topological polar surface area (TPSA) is 85.6 Å². The van der Waals surface area contributed by atoms with Gasteiger partial charge >= 0.3 is 0 Å². The van der Waals surface area contributed by atoms with Crippen molar-refractivity contribution in [3.8, 4) is 11.5 Å². The summed E-state index contributed by atoms with van der Waals surface area (Å²) in [4.78, 5) is 4.29. The lowest BCUT2D eigenvalue weighted by Crippen LogP contribution is -2.45. The van der Waals surface area contributed by atoms with Crippen LogP contribution in [0.15, 0.2) is 29.3 Å². The fourth-order valence-electron chi connectivity index (χ4n) is 3.43. The third-order valence-corrected chi connectivity index (χ3v) is 4.89. The summed E-state index contributed by atoms with van der Waals surface area (Å²) in [6, 6.07) is 7.73. The molecule has 0 saturated heterocycles. The van der Waals surface area contributed by atoms with E-state index in [-0.39, 0.29) is 6.10 Å². The SMILES string of the molecule is CN=C(NCc1nnc2n1CCCCC2)NCC1COc2ccccc2O1. The number of aromatic nitrogens is 3. The summed E-state index contributed by atoms with van der Waals surface area (Å²) in [5.74, 6) is 4.34. The predicted octanol–water partition coefficient (Wildman–Crippen LogP) is 1.51. The monoisotopic (exact) mass is 370 g/mol. The molecule has 2 aromatic rings. The Morgan fingerprint density at radius 2 is 2.07 bits per heavy atom. The van der Waals surface area contributed by atoms with Gasteiger partial charge in [0.1, 0.15) is 18.5 Å². The van der Waals surface area contributed by atoms with E-state index in [2.05, 4.69) is 30.4 Å². The maximum absolute atomic E-state index is 5.97. The summed E-state index contributed by atoms with van der Waals surface area (Å²) < 4.78 is 14.0. The normalized spacial score (nSPS) is 19.1. The van der Waals surface area contributed by atoms with Gasteiger partial charge < -0.3 is 24.7 Å². The van der Waals surface area contributed by atoms with Crippen LogP contribution in [0, 0.1) is 0 Å². The van der Waals surface area contributed by atoms with Gasteiger partial charge in [0.05, 0.1) is 13.1 Å². The minimum Gasteiger partial charge on any atom is -0.486 e. The number of para-hydroxylation sites is 2. The van der Waals surface area contributed by atoms with Gasteiger partial charge in [-0.05, 0) is 25.0 Å². The van der Waals surface area contributed by atoms with Crippen molar-refractivity contribution in [3.63, 3.8) is 0 Å². The van der Waals surface area contributed by atoms with E-state index in [0.717, 1.165) is 36.1 Å². The van der Waals surface area contributed by atoms with Gasteiger partial charge in [-0.3, -0.25) is 4.99 Å². The summed E-state index contributed by atoms with van der Waals surface area (Å²) in [7, 11) is 1.76. The smallest absolute Gasteiger partial charge is 0.191 e. The molecule has 4 rings (SSSR count). The fourth-order valence-corrected chi connectivity index (χ4v) is 3.43. The van der Waals surface area contributed by atoms with Crippen LogP contribution in [0.2, 0.25) is 0 Å². The highest BCUT2D eigenvalue weighted by molar-refractivity contribution is 5.79. The molecule has 0 bridgehead atoms. The van der Waals surface area contributed by atoms with E-state index < -0.39 is 0 Å². The molecule has 0 spiro atoms. The Balaban J connectivity index is 1.29. The molecule has 2 aliphatic rings. The number of rotatable bonds is 4. The average Bonchev–Trinajstić information content (AvgIpc) is 2.94. The van der Waals surface area contributed by atoms with Gasteiger partial charge in [-0.25, -0.2) is 0 Å². The summed E-state index contributed by atoms with van der Waals surface area (Å²) in [6.45, 7) is 2.71. The number of aryl methyl sites for hydroxylation is 1. The van der Waals surface area contributed by atoms with Crippen molar-refractivity contribution in [2.24, 2.45) is 4.99 Å². The Kier molecular flexibility index (Phi) is 5.41. The second kappa shape index (κ2) is 8.28. The van der Waals surface area contributed by atoms with Crippen molar-refractivity contribution in [2.45, 2.75) is 44.9 Å². The molecule has 0 saturated carbocycles. The number of hydrogen-bond donors (Lipinski definition) is 2. The van der Waals surface area contributed by atoms with Crippen LogP contribution in [0.3, 0.4) is 0 Å². The number of ether oxygens (including phenoxy) is 2. The molecule has 2 aliphatic heterocycles. The Morgan fingerprint density at radius 3 is 2.96 bits per heavy atom. The lowest BCUT2D eigenvalue weighted by molar-refractivity contribution is 0.0936. The van der Waals surface area contributed by atoms with Crippen LogP contribution in [-0.4, -0.2) is 47.0 Å². The largest absolute Gasteiger partial charge is 0.486 e. The number of aliphatic imine (C=N–C) groups is 1. The first-order valence-electron chi connectivity index (χ1n) is 9.57. The van der Waals surface area contributed by atoms with E-state index >= 15 is 0 Å². The first-order valence-corrected chi connectivity index (χ1v) is 9.57. The Labute approximate surface area is 159 Å². The molecular weight excluding hydrogens is 344 g/mol. The molecule has 0 aliphatic carbocycles. The van der Waals surface area contributed by atoms with Gasteiger partial charge in [-0.1, -0.05) is 18.6 Å². The Bertz CT molecular complexity index is 803. The maximum Gasteiger partial charge on any atom is 0.191 e. The number of hydrogen-bond acceptors (Lipinski definition) is 5. The van der Waals surface area contributed by atoms with E-state index in [1.807, 2.05) is 24.3 Å². The minimum atomic E-state index is -0.0668. The molecule has 1 atom stereocenters. The lowest BCUT2D eigenvalue weighted by Gasteiger charge is -2.27. The number of nitrogens with one attached hydrogen (secondary N) is 2. The number of fused-ring (bicyclic) bond motifs is 2. The van der Waals surface area contributed by atoms with Crippen LogP contribution in [0.4, 0.5) is 0 Å². The van der Waals surface area contributed by atoms with Crippen molar-refractivity contribution >= 4 is 5.96 Å². The second-order valence-electron chi connectivity index (χ2n) is 6.80. The van der Waals surface area contributed by atoms with Gasteiger partial charge in [0.15, 0.2) is 23.3 Å². The van der Waals surface area contributed by atoms with Crippen molar-refractivity contribution in [1.29, 1.82) is 0 Å². The van der Waals surface area contributed by atoms with Crippen molar-refractivity contribution in [1.82, 2.24) is 25.4 Å². The van der Waals surface area contributed by atoms with Crippen LogP contribution in [0.5, 0.6) is 11.5 Å². The van der Waals surface area contributed by atoms with Crippen LogP contribution in [0.25, 0.3) is 0 Å². The number of nitrogens with zero attached hydrogens (tertiary/aromatic N) is 4. The first-order chi connectivity index (χ1) is 13.3. The molecule has 0 radical (unpaired) electrons. The Morgan fingerprint density at radius 1 is 1.19 bits per heavy atom. The number of benzene rings is 1. The standard InChI is InChI=1S/C19H26N6O2/c1-20-19(21-11-14-13-26-15-7-4-5-8-16(15)27-14)22-12-18-24-23-17-9-3-2-6-10-25(17)18/h4-5,7-8,14H,2-3,6,9-13H2,1H3,(H2,20,21,22). The quantitative estimate of drug-likeness (QED) is 0.627. The molecule has 8 heteroatoms. The highest BCUT2D eigenvalue weighted by Gasteiger charge is 2.21. The van der Waals surface area contributed by atoms with E-state index in [4.69, 9.17) is 9.47 Å². The zero-order valence-corrected chi connectivity index (χ0v) is 15.6. The molecule has 0 fully saturated rings. The third kappa shape index (κ3) is 4.15. The zero-order valence-electron chi connectivity index (χ0n) is 15.6. The van der Waals surface area contributed by atoms with E-state index in [9.17, 15) is 0 Å². The first kappa shape index (κ1) is 17.6. The Hall–Kier alpha value is -2.77. The molecule has 0 amide bonds. The molecule has 27 heavy (non-hydrogen) atoms. The van der Waals surface area contributed by atoms with E-state index in [1.54, 1.807) is 7.05 Å². The van der Waals surface area contributed by atoms with Gasteiger partial charge in [-0.15, -0.1) is 10.2 Å². The van der Waals surface area contributed by atoms with Crippen LogP contribution in [-0.2, 0) is 19.5 Å². The molecule has 8 nitrogen and oxygen atoms in total. The van der Waals surface area contributed by atoms with E-state index in [0.29, 0.717) is 25.7 Å². The van der Waals surface area contributed by atoms with Gasteiger partial charge in [0, 0.05) is 20.0 Å². The predicted molar refractivity (Wildman–Crippen MR) is 102 cm³/mol. The van der Waals surface area contributed by atoms with Crippen molar-refractivity contribution < 1.29 is 9.47 Å². The molecule has 144 valence electrons. The molecular formula is C19H26N6O2. The number of guanidine groups is 1. The molecule has 3 heterocycles. The van der Waals surface area contributed by atoms with Crippen molar-refractivity contribution in [3.05, 3.63) is 35.9 Å². The summed E-state index contributed by atoms with van der Waals surface area (Å²) in [5, 5.41) is 15.3. The minimum absolute atomic E-state index is 0.0668. The van der Waals surface area contributed by atoms with Gasteiger partial charge in [-0.2, -0.15) is 0 Å². The van der Waals surface area contributed by atoms with E-state index in [1.165, 1.54) is 19.3 Å². The third-order valence-electron chi connectivity index (χ3n) is 4.89. The fraction of sp³-hybridized carbons (Fsp3) is 0.526. The molecule has 1 aromatic heterocycles. The highest BCUT2D eigenvalue weighted by Crippen LogP contribution is 2.30.